The largest absolute Gasteiger partial charge is 0.391 e. The van der Waals surface area contributed by atoms with Gasteiger partial charge in [-0.2, -0.15) is 0 Å². The van der Waals surface area contributed by atoms with Gasteiger partial charge in [0.15, 0.2) is 0 Å². The Morgan fingerprint density at radius 2 is 2.08 bits per heavy atom. The van der Waals surface area contributed by atoms with Gasteiger partial charge in [0.2, 0.25) is 0 Å². The lowest BCUT2D eigenvalue weighted by molar-refractivity contribution is 1.47. The second kappa shape index (κ2) is 3.08. The minimum atomic E-state index is 0.861. The van der Waals surface area contributed by atoms with Crippen LogP contribution in [0.4, 0.5) is 5.00 Å². The Balaban J connectivity index is 2.83. The zero-order chi connectivity index (χ0) is 8.72. The third-order valence-corrected chi connectivity index (χ3v) is 4.22. The van der Waals surface area contributed by atoms with Crippen molar-refractivity contribution in [3.63, 3.8) is 0 Å². The van der Waals surface area contributed by atoms with E-state index in [0.29, 0.717) is 0 Å². The summed E-state index contributed by atoms with van der Waals surface area (Å²) in [6.45, 7) is 0. The van der Waals surface area contributed by atoms with Gasteiger partial charge in [-0.1, -0.05) is 0 Å². The van der Waals surface area contributed by atoms with E-state index in [1.54, 1.807) is 11.3 Å². The summed E-state index contributed by atoms with van der Waals surface area (Å²) in [5, 5.41) is 2.07. The smallest absolute Gasteiger partial charge is 0.0868 e. The van der Waals surface area contributed by atoms with Crippen LogP contribution in [0, 0.1) is 3.57 Å². The molecule has 1 aromatic heterocycles. The molecule has 1 aromatic carbocycles. The summed E-state index contributed by atoms with van der Waals surface area (Å²) in [5.41, 5.74) is 5.68. The molecule has 2 N–H and O–H groups in total. The van der Waals surface area contributed by atoms with E-state index < -0.39 is 0 Å². The number of nitrogen functional groups attached to an aromatic ring is 1. The number of thiophene rings is 1. The zero-order valence-electron chi connectivity index (χ0n) is 6.04. The number of halogens is 1. The molecule has 0 unspecified atom stereocenters. The molecule has 0 fully saturated rings. The van der Waals surface area contributed by atoms with E-state index >= 15 is 0 Å². The molecule has 0 radical (unpaired) electrons. The lowest BCUT2D eigenvalue weighted by atomic mass is 10.3. The van der Waals surface area contributed by atoms with Gasteiger partial charge in [-0.3, -0.25) is 0 Å². The molecule has 0 atom stereocenters. The van der Waals surface area contributed by atoms with Crippen LogP contribution in [0.1, 0.15) is 0 Å². The molecule has 0 aliphatic rings. The minimum Gasteiger partial charge on any atom is -0.391 e. The predicted molar refractivity (Wildman–Crippen MR) is 66.2 cm³/mol. The summed E-state index contributed by atoms with van der Waals surface area (Å²) >= 11 is 8.21. The highest BCUT2D eigenvalue weighted by molar-refractivity contribution is 14.1. The fraction of sp³-hybridized carbons (Fsp3) is 0. The standard InChI is InChI=1S/C8H6INS2/c9-5-1-4-2-8(10)12-7(4)3-6(5)11/h1-3,11H,10H2. The van der Waals surface area contributed by atoms with Crippen LogP contribution in [0.15, 0.2) is 23.1 Å². The maximum absolute atomic E-state index is 5.68. The number of hydrogen-bond acceptors (Lipinski definition) is 3. The van der Waals surface area contributed by atoms with Gasteiger partial charge in [0.1, 0.15) is 0 Å². The average Bonchev–Trinajstić information content (AvgIpc) is 2.30. The highest BCUT2D eigenvalue weighted by Crippen LogP contribution is 2.31. The molecule has 4 heteroatoms. The van der Waals surface area contributed by atoms with Gasteiger partial charge in [-0.05, 0) is 46.2 Å². The summed E-state index contributed by atoms with van der Waals surface area (Å²) in [5.74, 6) is 0. The molecule has 12 heavy (non-hydrogen) atoms. The Kier molecular flexibility index (Phi) is 2.22. The summed E-state index contributed by atoms with van der Waals surface area (Å²) in [7, 11) is 0. The molecule has 0 saturated carbocycles. The van der Waals surface area contributed by atoms with Gasteiger partial charge in [0, 0.05) is 13.2 Å². The van der Waals surface area contributed by atoms with Crippen molar-refractivity contribution >= 4 is 61.6 Å². The van der Waals surface area contributed by atoms with E-state index in [4.69, 9.17) is 5.73 Å². The van der Waals surface area contributed by atoms with Crippen LogP contribution in [-0.4, -0.2) is 0 Å². The molecule has 2 aromatic rings. The molecule has 0 spiro atoms. The molecule has 0 aliphatic heterocycles. The normalized spacial score (nSPS) is 10.8. The van der Waals surface area contributed by atoms with Crippen molar-refractivity contribution in [1.29, 1.82) is 0 Å². The highest BCUT2D eigenvalue weighted by Gasteiger charge is 2.02. The third kappa shape index (κ3) is 1.43. The van der Waals surface area contributed by atoms with Crippen molar-refractivity contribution in [2.24, 2.45) is 0 Å². The first kappa shape index (κ1) is 8.65. The molecular weight excluding hydrogens is 301 g/mol. The zero-order valence-corrected chi connectivity index (χ0v) is 9.91. The maximum atomic E-state index is 5.68. The van der Waals surface area contributed by atoms with E-state index in [9.17, 15) is 0 Å². The van der Waals surface area contributed by atoms with E-state index in [-0.39, 0.29) is 0 Å². The molecule has 0 bridgehead atoms. The molecule has 0 amide bonds. The lowest BCUT2D eigenvalue weighted by Crippen LogP contribution is -1.73. The second-order valence-electron chi connectivity index (χ2n) is 2.49. The van der Waals surface area contributed by atoms with Crippen LogP contribution in [0.25, 0.3) is 10.1 Å². The number of anilines is 1. The minimum absolute atomic E-state index is 0.861. The van der Waals surface area contributed by atoms with Gasteiger partial charge in [0.05, 0.1) is 5.00 Å². The highest BCUT2D eigenvalue weighted by atomic mass is 127. The first-order valence-corrected chi connectivity index (χ1v) is 5.68. The van der Waals surface area contributed by atoms with Gasteiger partial charge in [0.25, 0.3) is 0 Å². The fourth-order valence-corrected chi connectivity index (χ4v) is 2.69. The van der Waals surface area contributed by atoms with E-state index in [1.807, 2.05) is 6.07 Å². The molecule has 2 rings (SSSR count). The summed E-state index contributed by atoms with van der Waals surface area (Å²) in [4.78, 5) is 1.02. The van der Waals surface area contributed by atoms with E-state index in [1.165, 1.54) is 13.7 Å². The van der Waals surface area contributed by atoms with Gasteiger partial charge in [-0.25, -0.2) is 0 Å². The van der Waals surface area contributed by atoms with Crippen molar-refractivity contribution in [3.8, 4) is 0 Å². The van der Waals surface area contributed by atoms with Crippen LogP contribution < -0.4 is 5.73 Å². The monoisotopic (exact) mass is 307 g/mol. The van der Waals surface area contributed by atoms with Crippen LogP contribution in [0.2, 0.25) is 0 Å². The van der Waals surface area contributed by atoms with Crippen LogP contribution in [0.5, 0.6) is 0 Å². The molecule has 0 saturated heterocycles. The van der Waals surface area contributed by atoms with Crippen molar-refractivity contribution in [3.05, 3.63) is 21.8 Å². The third-order valence-electron chi connectivity index (χ3n) is 1.60. The SMILES string of the molecule is Nc1cc2cc(I)c(S)cc2s1. The number of thiol groups is 1. The lowest BCUT2D eigenvalue weighted by Gasteiger charge is -1.95. The van der Waals surface area contributed by atoms with Crippen molar-refractivity contribution in [1.82, 2.24) is 0 Å². The Morgan fingerprint density at radius 3 is 2.83 bits per heavy atom. The number of fused-ring (bicyclic) bond motifs is 1. The van der Waals surface area contributed by atoms with Gasteiger partial charge >= 0.3 is 0 Å². The quantitative estimate of drug-likeness (QED) is 0.566. The molecular formula is C8H6INS2. The number of nitrogens with two attached hydrogens (primary N) is 1. The van der Waals surface area contributed by atoms with Crippen molar-refractivity contribution in [2.45, 2.75) is 4.90 Å². The van der Waals surface area contributed by atoms with Gasteiger partial charge < -0.3 is 5.73 Å². The Bertz CT molecular complexity index is 397. The molecule has 0 aliphatic carbocycles. The summed E-state index contributed by atoms with van der Waals surface area (Å²) < 4.78 is 2.37. The van der Waals surface area contributed by atoms with Gasteiger partial charge in [-0.15, -0.1) is 24.0 Å². The fourth-order valence-electron chi connectivity index (χ4n) is 1.07. The maximum Gasteiger partial charge on any atom is 0.0868 e. The van der Waals surface area contributed by atoms with Crippen LogP contribution >= 0.6 is 46.6 Å². The first-order chi connectivity index (χ1) is 5.66. The molecule has 1 nitrogen and oxygen atoms in total. The summed E-state index contributed by atoms with van der Waals surface area (Å²) in [6.07, 6.45) is 0. The first-order valence-electron chi connectivity index (χ1n) is 3.34. The number of benzene rings is 1. The van der Waals surface area contributed by atoms with E-state index in [2.05, 4.69) is 47.4 Å². The van der Waals surface area contributed by atoms with Crippen molar-refractivity contribution in [2.75, 3.05) is 5.73 Å². The summed E-state index contributed by atoms with van der Waals surface area (Å²) in [6, 6.07) is 6.15. The average molecular weight is 307 g/mol. The number of rotatable bonds is 0. The topological polar surface area (TPSA) is 26.0 Å². The van der Waals surface area contributed by atoms with E-state index in [0.717, 1.165) is 9.90 Å². The van der Waals surface area contributed by atoms with Crippen LogP contribution in [-0.2, 0) is 0 Å². The Labute approximate surface area is 93.5 Å². The molecule has 62 valence electrons. The van der Waals surface area contributed by atoms with Crippen LogP contribution in [0.3, 0.4) is 0 Å². The van der Waals surface area contributed by atoms with Crippen molar-refractivity contribution < 1.29 is 0 Å². The Morgan fingerprint density at radius 1 is 1.33 bits per heavy atom. The Hall–Kier alpha value is 0.0600. The number of hydrogen-bond donors (Lipinski definition) is 2. The predicted octanol–water partition coefficient (Wildman–Crippen LogP) is 3.38. The second-order valence-corrected chi connectivity index (χ2v) is 5.25. The molecule has 1 heterocycles.